The molecule has 0 saturated carbocycles. The zero-order chi connectivity index (χ0) is 42.8. The summed E-state index contributed by atoms with van der Waals surface area (Å²) in [6, 6.07) is 80.6. The van der Waals surface area contributed by atoms with Crippen LogP contribution in [0.15, 0.2) is 249 Å². The molecule has 2 heteroatoms. The molecule has 1 spiro atoms. The second kappa shape index (κ2) is 15.0. The van der Waals surface area contributed by atoms with E-state index in [0.29, 0.717) is 0 Å². The first-order valence-electron chi connectivity index (χ1n) is 22.2. The van der Waals surface area contributed by atoms with Gasteiger partial charge in [-0.15, -0.1) is 0 Å². The van der Waals surface area contributed by atoms with Crippen molar-refractivity contribution in [3.63, 3.8) is 0 Å². The maximum Gasteiger partial charge on any atom is 0.0781 e. The summed E-state index contributed by atoms with van der Waals surface area (Å²) in [7, 11) is 0. The molecule has 1 heterocycles. The Labute approximate surface area is 375 Å². The van der Waals surface area contributed by atoms with E-state index in [1.807, 2.05) is 0 Å². The van der Waals surface area contributed by atoms with Gasteiger partial charge in [0.25, 0.3) is 0 Å². The van der Waals surface area contributed by atoms with Crippen LogP contribution < -0.4 is 9.80 Å². The highest BCUT2D eigenvalue weighted by Crippen LogP contribution is 2.62. The molecule has 3 aliphatic rings. The Morgan fingerprint density at radius 3 is 1.48 bits per heavy atom. The smallest absolute Gasteiger partial charge is 0.0781 e. The second-order valence-corrected chi connectivity index (χ2v) is 16.8. The molecule has 0 atom stereocenters. The fourth-order valence-electron chi connectivity index (χ4n) is 10.9. The van der Waals surface area contributed by atoms with Crippen molar-refractivity contribution in [3.05, 3.63) is 277 Å². The number of anilines is 5. The normalized spacial score (nSPS) is 14.4. The van der Waals surface area contributed by atoms with Gasteiger partial charge < -0.3 is 9.80 Å². The number of benzene rings is 9. The van der Waals surface area contributed by atoms with E-state index in [1.54, 1.807) is 0 Å². The highest BCUT2D eigenvalue weighted by Gasteiger charge is 2.50. The standard InChI is InChI=1S/C62H44N2/c1-3-4-37-59-42(2)46-26-11-12-27-47(46)54-33-21-38-60(61(54)64(59)44-24-9-6-10-25-44)63(43-22-7-5-8-23-43)45-39-40-53-52-32-17-20-36-57(52)62(58(53)41-45)55-34-18-15-30-50(55)48-28-13-14-29-49(48)51-31-16-19-35-56(51)62/h3-41H,2H2,1H3/b4-3-,59-37+. The molecular weight excluding hydrogens is 773 g/mol. The molecule has 2 nitrogen and oxygen atoms in total. The Hall–Kier alpha value is -8.20. The Balaban J connectivity index is 1.19. The van der Waals surface area contributed by atoms with Crippen LogP contribution in [0, 0.1) is 0 Å². The average molecular weight is 817 g/mol. The maximum absolute atomic E-state index is 4.81. The number of nitrogens with zero attached hydrogens (tertiary/aromatic N) is 2. The third-order valence-electron chi connectivity index (χ3n) is 13.5. The zero-order valence-electron chi connectivity index (χ0n) is 35.6. The van der Waals surface area contributed by atoms with Crippen LogP contribution in [0.1, 0.15) is 34.7 Å². The summed E-state index contributed by atoms with van der Waals surface area (Å²) < 4.78 is 0. The number of allylic oxidation sites excluding steroid dienone is 4. The van der Waals surface area contributed by atoms with Gasteiger partial charge in [0.05, 0.1) is 22.5 Å². The van der Waals surface area contributed by atoms with Crippen molar-refractivity contribution in [1.29, 1.82) is 0 Å². The summed E-state index contributed by atoms with van der Waals surface area (Å²) >= 11 is 0. The minimum atomic E-state index is -0.612. The summed E-state index contributed by atoms with van der Waals surface area (Å²) in [5, 5.41) is 0. The Morgan fingerprint density at radius 1 is 0.422 bits per heavy atom. The Morgan fingerprint density at radius 2 is 0.891 bits per heavy atom. The van der Waals surface area contributed by atoms with E-state index in [1.165, 1.54) is 55.6 Å². The first-order valence-corrected chi connectivity index (χ1v) is 22.2. The molecule has 9 aromatic carbocycles. The molecule has 0 amide bonds. The SMILES string of the molecule is C=C1/C(=C\C=C/C)N(c2ccccc2)c2c(cccc2N(c2ccccc2)c2ccc3c(c2)C2(c4ccccc4-c4ccccc4-c4ccccc42)c2ccccc2-3)-c2ccccc21. The van der Waals surface area contributed by atoms with E-state index in [4.69, 9.17) is 6.58 Å². The molecule has 302 valence electrons. The van der Waals surface area contributed by atoms with Gasteiger partial charge in [-0.2, -0.15) is 0 Å². The van der Waals surface area contributed by atoms with Crippen molar-refractivity contribution in [2.24, 2.45) is 0 Å². The first kappa shape index (κ1) is 37.6. The van der Waals surface area contributed by atoms with Crippen LogP contribution in [-0.4, -0.2) is 0 Å². The lowest BCUT2D eigenvalue weighted by Gasteiger charge is -2.37. The summed E-state index contributed by atoms with van der Waals surface area (Å²) in [4.78, 5) is 4.89. The largest absolute Gasteiger partial charge is 0.308 e. The van der Waals surface area contributed by atoms with Crippen molar-refractivity contribution in [2.45, 2.75) is 12.3 Å². The van der Waals surface area contributed by atoms with Gasteiger partial charge in [-0.25, -0.2) is 0 Å². The fraction of sp³-hybridized carbons (Fsp3) is 0.0323. The molecule has 0 radical (unpaired) electrons. The molecule has 2 aliphatic carbocycles. The van der Waals surface area contributed by atoms with Crippen LogP contribution in [0.3, 0.4) is 0 Å². The minimum Gasteiger partial charge on any atom is -0.308 e. The van der Waals surface area contributed by atoms with E-state index in [9.17, 15) is 0 Å². The molecule has 0 fully saturated rings. The molecule has 0 bridgehead atoms. The van der Waals surface area contributed by atoms with E-state index >= 15 is 0 Å². The lowest BCUT2D eigenvalue weighted by atomic mass is 9.66. The van der Waals surface area contributed by atoms with Gasteiger partial charge in [0.15, 0.2) is 0 Å². The lowest BCUT2D eigenvalue weighted by molar-refractivity contribution is 0.775. The Kier molecular flexibility index (Phi) is 8.81. The molecular formula is C62H44N2. The molecule has 0 aromatic heterocycles. The van der Waals surface area contributed by atoms with E-state index in [2.05, 4.69) is 253 Å². The Bertz CT molecular complexity index is 3310. The molecule has 1 aliphatic heterocycles. The number of hydrogen-bond acceptors (Lipinski definition) is 2. The van der Waals surface area contributed by atoms with Crippen molar-refractivity contribution >= 4 is 34.0 Å². The van der Waals surface area contributed by atoms with Gasteiger partial charge in [0.2, 0.25) is 0 Å². The van der Waals surface area contributed by atoms with Crippen molar-refractivity contribution in [1.82, 2.24) is 0 Å². The van der Waals surface area contributed by atoms with Crippen LogP contribution in [-0.2, 0) is 5.41 Å². The van der Waals surface area contributed by atoms with Gasteiger partial charge in [-0.05, 0) is 128 Å². The van der Waals surface area contributed by atoms with Crippen LogP contribution in [0.25, 0.3) is 50.1 Å². The second-order valence-electron chi connectivity index (χ2n) is 16.8. The monoisotopic (exact) mass is 816 g/mol. The summed E-state index contributed by atoms with van der Waals surface area (Å²) in [6.07, 6.45) is 6.42. The minimum absolute atomic E-state index is 0.612. The quantitative estimate of drug-likeness (QED) is 0.171. The topological polar surface area (TPSA) is 6.48 Å². The van der Waals surface area contributed by atoms with Crippen LogP contribution >= 0.6 is 0 Å². The summed E-state index contributed by atoms with van der Waals surface area (Å²) in [5.41, 5.74) is 22.8. The number of hydrogen-bond donors (Lipinski definition) is 0. The first-order chi connectivity index (χ1) is 31.7. The van der Waals surface area contributed by atoms with Gasteiger partial charge in [0.1, 0.15) is 0 Å². The molecule has 64 heavy (non-hydrogen) atoms. The molecule has 0 unspecified atom stereocenters. The lowest BCUT2D eigenvalue weighted by Crippen LogP contribution is -2.29. The number of fused-ring (bicyclic) bond motifs is 15. The fourth-order valence-corrected chi connectivity index (χ4v) is 10.9. The zero-order valence-corrected chi connectivity index (χ0v) is 35.6. The van der Waals surface area contributed by atoms with Crippen LogP contribution in [0.2, 0.25) is 0 Å². The average Bonchev–Trinajstić information content (AvgIpc) is 3.53. The van der Waals surface area contributed by atoms with E-state index in [-0.39, 0.29) is 0 Å². The van der Waals surface area contributed by atoms with Gasteiger partial charge in [-0.1, -0.05) is 195 Å². The van der Waals surface area contributed by atoms with Crippen molar-refractivity contribution in [3.8, 4) is 44.5 Å². The predicted octanol–water partition coefficient (Wildman–Crippen LogP) is 16.5. The maximum atomic E-state index is 4.81. The summed E-state index contributed by atoms with van der Waals surface area (Å²) in [5.74, 6) is 0. The molecule has 0 saturated heterocycles. The van der Waals surface area contributed by atoms with Crippen LogP contribution in [0.4, 0.5) is 28.4 Å². The van der Waals surface area contributed by atoms with Gasteiger partial charge in [-0.3, -0.25) is 0 Å². The van der Waals surface area contributed by atoms with Gasteiger partial charge in [0, 0.05) is 22.6 Å². The van der Waals surface area contributed by atoms with E-state index in [0.717, 1.165) is 56.4 Å². The highest BCUT2D eigenvalue weighted by atomic mass is 15.2. The van der Waals surface area contributed by atoms with Crippen molar-refractivity contribution < 1.29 is 0 Å². The highest BCUT2D eigenvalue weighted by molar-refractivity contribution is 6.06. The number of rotatable bonds is 5. The van der Waals surface area contributed by atoms with Gasteiger partial charge >= 0.3 is 0 Å². The third-order valence-corrected chi connectivity index (χ3v) is 13.5. The third kappa shape index (κ3) is 5.46. The summed E-state index contributed by atoms with van der Waals surface area (Å²) in [6.45, 7) is 6.87. The molecule has 12 rings (SSSR count). The predicted molar refractivity (Wildman–Crippen MR) is 269 cm³/mol. The van der Waals surface area contributed by atoms with Crippen molar-refractivity contribution in [2.75, 3.05) is 9.80 Å². The van der Waals surface area contributed by atoms with Crippen LogP contribution in [0.5, 0.6) is 0 Å². The van der Waals surface area contributed by atoms with E-state index < -0.39 is 5.41 Å². The molecule has 0 N–H and O–H groups in total. The molecule has 9 aromatic rings. The number of para-hydroxylation sites is 3.